The molecule has 1 N–H and O–H groups in total. The number of aromatic nitrogens is 2. The third-order valence-electron chi connectivity index (χ3n) is 3.47. The van der Waals surface area contributed by atoms with Gasteiger partial charge < -0.3 is 10.0 Å². The first-order valence-electron chi connectivity index (χ1n) is 5.83. The first-order chi connectivity index (χ1) is 8.66. The van der Waals surface area contributed by atoms with Gasteiger partial charge in [0, 0.05) is 13.1 Å². The molecule has 2 aromatic heterocycles. The summed E-state index contributed by atoms with van der Waals surface area (Å²) in [6.07, 6.45) is 1.55. The summed E-state index contributed by atoms with van der Waals surface area (Å²) in [6.45, 7) is 3.24. The fourth-order valence-electron chi connectivity index (χ4n) is 2.49. The predicted octanol–water partition coefficient (Wildman–Crippen LogP) is 1.85. The summed E-state index contributed by atoms with van der Waals surface area (Å²) in [5.41, 5.74) is 0. The molecule has 2 unspecified atom stereocenters. The van der Waals surface area contributed by atoms with E-state index in [1.807, 2.05) is 18.4 Å². The minimum absolute atomic E-state index is 0.145. The lowest BCUT2D eigenvalue weighted by atomic mass is 9.99. The minimum atomic E-state index is -0.722. The van der Waals surface area contributed by atoms with Gasteiger partial charge >= 0.3 is 5.97 Å². The SMILES string of the molecule is CC1CN(c2ncnc3sccc23)CC1C(=O)O. The Labute approximate surface area is 108 Å². The Morgan fingerprint density at radius 2 is 2.33 bits per heavy atom. The Morgan fingerprint density at radius 1 is 1.50 bits per heavy atom. The van der Waals surface area contributed by atoms with E-state index in [0.717, 1.165) is 22.6 Å². The van der Waals surface area contributed by atoms with Crippen LogP contribution in [0.15, 0.2) is 17.8 Å². The molecular weight excluding hydrogens is 250 g/mol. The quantitative estimate of drug-likeness (QED) is 0.895. The van der Waals surface area contributed by atoms with Crippen molar-refractivity contribution in [2.45, 2.75) is 6.92 Å². The molecule has 18 heavy (non-hydrogen) atoms. The zero-order valence-corrected chi connectivity index (χ0v) is 10.7. The molecule has 3 rings (SSSR count). The highest BCUT2D eigenvalue weighted by Crippen LogP contribution is 2.32. The summed E-state index contributed by atoms with van der Waals surface area (Å²) in [7, 11) is 0. The molecule has 2 aromatic rings. The van der Waals surface area contributed by atoms with E-state index in [2.05, 4.69) is 14.9 Å². The molecule has 3 heterocycles. The Morgan fingerprint density at radius 3 is 3.06 bits per heavy atom. The third kappa shape index (κ3) is 1.73. The van der Waals surface area contributed by atoms with Gasteiger partial charge in [-0.1, -0.05) is 6.92 Å². The Hall–Kier alpha value is -1.69. The lowest BCUT2D eigenvalue weighted by Crippen LogP contribution is -2.23. The Bertz CT molecular complexity index is 598. The predicted molar refractivity (Wildman–Crippen MR) is 69.9 cm³/mol. The normalized spacial score (nSPS) is 23.7. The van der Waals surface area contributed by atoms with Gasteiger partial charge in [-0.2, -0.15) is 0 Å². The van der Waals surface area contributed by atoms with Crippen molar-refractivity contribution in [1.82, 2.24) is 9.97 Å². The van der Waals surface area contributed by atoms with Gasteiger partial charge in [-0.25, -0.2) is 9.97 Å². The summed E-state index contributed by atoms with van der Waals surface area (Å²) in [6, 6.07) is 1.99. The molecule has 94 valence electrons. The molecule has 1 aliphatic rings. The molecule has 0 aromatic carbocycles. The number of fused-ring (bicyclic) bond motifs is 1. The topological polar surface area (TPSA) is 66.3 Å². The van der Waals surface area contributed by atoms with Crippen molar-refractivity contribution in [3.8, 4) is 0 Å². The van der Waals surface area contributed by atoms with Crippen molar-refractivity contribution >= 4 is 33.3 Å². The maximum Gasteiger partial charge on any atom is 0.308 e. The fourth-order valence-corrected chi connectivity index (χ4v) is 3.22. The average molecular weight is 263 g/mol. The number of carboxylic acids is 1. The lowest BCUT2D eigenvalue weighted by molar-refractivity contribution is -0.142. The average Bonchev–Trinajstić information content (AvgIpc) is 2.94. The number of thiophene rings is 1. The first-order valence-corrected chi connectivity index (χ1v) is 6.70. The van der Waals surface area contributed by atoms with Crippen LogP contribution in [0.1, 0.15) is 6.92 Å². The van der Waals surface area contributed by atoms with Gasteiger partial charge in [0.2, 0.25) is 0 Å². The molecule has 5 nitrogen and oxygen atoms in total. The van der Waals surface area contributed by atoms with E-state index >= 15 is 0 Å². The minimum Gasteiger partial charge on any atom is -0.481 e. The number of nitrogens with zero attached hydrogens (tertiary/aromatic N) is 3. The molecule has 2 atom stereocenters. The summed E-state index contributed by atoms with van der Waals surface area (Å²) in [5.74, 6) is -0.0303. The van der Waals surface area contributed by atoms with Gasteiger partial charge in [-0.05, 0) is 17.4 Å². The second-order valence-electron chi connectivity index (χ2n) is 4.66. The number of aliphatic carboxylic acids is 1. The largest absolute Gasteiger partial charge is 0.481 e. The number of hydrogen-bond acceptors (Lipinski definition) is 5. The van der Waals surface area contributed by atoms with Crippen LogP contribution in [0.3, 0.4) is 0 Å². The van der Waals surface area contributed by atoms with Gasteiger partial charge in [0.15, 0.2) is 0 Å². The second-order valence-corrected chi connectivity index (χ2v) is 5.56. The van der Waals surface area contributed by atoms with E-state index in [0.29, 0.717) is 6.54 Å². The van der Waals surface area contributed by atoms with Crippen molar-refractivity contribution < 1.29 is 9.90 Å². The first kappa shape index (κ1) is 11.4. The zero-order chi connectivity index (χ0) is 12.7. The summed E-state index contributed by atoms with van der Waals surface area (Å²) in [5, 5.41) is 12.2. The van der Waals surface area contributed by atoms with E-state index in [1.165, 1.54) is 0 Å². The van der Waals surface area contributed by atoms with E-state index in [9.17, 15) is 4.79 Å². The number of carbonyl (C=O) groups is 1. The highest BCUT2D eigenvalue weighted by Gasteiger charge is 2.35. The van der Waals surface area contributed by atoms with Crippen LogP contribution in [0.2, 0.25) is 0 Å². The van der Waals surface area contributed by atoms with Gasteiger partial charge in [-0.15, -0.1) is 11.3 Å². The second kappa shape index (κ2) is 4.20. The van der Waals surface area contributed by atoms with Gasteiger partial charge in [0.25, 0.3) is 0 Å². The maximum absolute atomic E-state index is 11.1. The Balaban J connectivity index is 1.97. The van der Waals surface area contributed by atoms with Crippen LogP contribution in [0.5, 0.6) is 0 Å². The molecule has 1 aliphatic heterocycles. The summed E-state index contributed by atoms with van der Waals surface area (Å²) in [4.78, 5) is 22.7. The van der Waals surface area contributed by atoms with E-state index in [4.69, 9.17) is 5.11 Å². The van der Waals surface area contributed by atoms with Crippen molar-refractivity contribution in [2.24, 2.45) is 11.8 Å². The molecule has 0 saturated carbocycles. The van der Waals surface area contributed by atoms with Crippen LogP contribution < -0.4 is 4.90 Å². The highest BCUT2D eigenvalue weighted by molar-refractivity contribution is 7.16. The summed E-state index contributed by atoms with van der Waals surface area (Å²) >= 11 is 1.57. The molecule has 6 heteroatoms. The molecule has 0 aliphatic carbocycles. The molecule has 0 radical (unpaired) electrons. The van der Waals surface area contributed by atoms with Crippen LogP contribution in [0, 0.1) is 11.8 Å². The van der Waals surface area contributed by atoms with Gasteiger partial charge in [0.05, 0.1) is 11.3 Å². The zero-order valence-electron chi connectivity index (χ0n) is 9.91. The number of anilines is 1. The van der Waals surface area contributed by atoms with Crippen LogP contribution in [-0.4, -0.2) is 34.1 Å². The summed E-state index contributed by atoms with van der Waals surface area (Å²) < 4.78 is 0. The van der Waals surface area contributed by atoms with Gasteiger partial charge in [-0.3, -0.25) is 4.79 Å². The monoisotopic (exact) mass is 263 g/mol. The number of rotatable bonds is 2. The number of carboxylic acid groups (broad SMARTS) is 1. The smallest absolute Gasteiger partial charge is 0.308 e. The molecular formula is C12H13N3O2S. The van der Waals surface area contributed by atoms with E-state index < -0.39 is 5.97 Å². The van der Waals surface area contributed by atoms with Crippen molar-refractivity contribution in [3.63, 3.8) is 0 Å². The van der Waals surface area contributed by atoms with Crippen molar-refractivity contribution in [2.75, 3.05) is 18.0 Å². The molecule has 1 saturated heterocycles. The van der Waals surface area contributed by atoms with Crippen LogP contribution in [-0.2, 0) is 4.79 Å². The van der Waals surface area contributed by atoms with Crippen LogP contribution in [0.25, 0.3) is 10.2 Å². The molecule has 0 amide bonds. The molecule has 0 spiro atoms. The molecule has 1 fully saturated rings. The highest BCUT2D eigenvalue weighted by atomic mass is 32.1. The Kier molecular flexibility index (Phi) is 2.66. The van der Waals surface area contributed by atoms with Crippen LogP contribution in [0.4, 0.5) is 5.82 Å². The maximum atomic E-state index is 11.1. The van der Waals surface area contributed by atoms with Gasteiger partial charge in [0.1, 0.15) is 17.0 Å². The van der Waals surface area contributed by atoms with E-state index in [1.54, 1.807) is 17.7 Å². The fraction of sp³-hybridized carbons (Fsp3) is 0.417. The van der Waals surface area contributed by atoms with Crippen molar-refractivity contribution in [1.29, 1.82) is 0 Å². The lowest BCUT2D eigenvalue weighted by Gasteiger charge is -2.17. The van der Waals surface area contributed by atoms with Crippen molar-refractivity contribution in [3.05, 3.63) is 17.8 Å². The standard InChI is InChI=1S/C12H13N3O2S/c1-7-4-15(5-9(7)12(16)17)10-8-2-3-18-11(8)14-6-13-10/h2-3,6-7,9H,4-5H2,1H3,(H,16,17). The molecule has 0 bridgehead atoms. The number of hydrogen-bond donors (Lipinski definition) is 1. The van der Waals surface area contributed by atoms with Crippen LogP contribution >= 0.6 is 11.3 Å². The third-order valence-corrected chi connectivity index (χ3v) is 4.29. The van der Waals surface area contributed by atoms with E-state index in [-0.39, 0.29) is 11.8 Å².